The molecule has 1 aromatic carbocycles. The Hall–Kier alpha value is -1.88. The molecular formula is C17H25N3O2. The van der Waals surface area contributed by atoms with Crippen molar-refractivity contribution in [3.05, 3.63) is 35.9 Å². The van der Waals surface area contributed by atoms with Gasteiger partial charge in [-0.05, 0) is 31.5 Å². The van der Waals surface area contributed by atoms with E-state index in [-0.39, 0.29) is 5.91 Å². The summed E-state index contributed by atoms with van der Waals surface area (Å²) in [5.74, 6) is -0.258. The van der Waals surface area contributed by atoms with Crippen molar-refractivity contribution in [3.8, 4) is 0 Å². The quantitative estimate of drug-likeness (QED) is 0.901. The zero-order valence-electron chi connectivity index (χ0n) is 13.2. The fourth-order valence-electron chi connectivity index (χ4n) is 2.94. The molecule has 0 unspecified atom stereocenters. The van der Waals surface area contributed by atoms with E-state index in [1.165, 1.54) is 26.3 Å². The smallest absolute Gasteiger partial charge is 0.321 e. The number of rotatable bonds is 3. The molecule has 1 atom stereocenters. The summed E-state index contributed by atoms with van der Waals surface area (Å²) in [7, 11) is 1.51. The zero-order chi connectivity index (χ0) is 15.8. The number of benzene rings is 1. The Kier molecular flexibility index (Phi) is 6.40. The molecule has 0 aromatic heterocycles. The van der Waals surface area contributed by atoms with Crippen LogP contribution in [0, 0.1) is 0 Å². The Morgan fingerprint density at radius 2 is 1.59 bits per heavy atom. The summed E-state index contributed by atoms with van der Waals surface area (Å²) in [4.78, 5) is 26.3. The van der Waals surface area contributed by atoms with Crippen LogP contribution in [-0.2, 0) is 4.79 Å². The minimum absolute atomic E-state index is 0.258. The summed E-state index contributed by atoms with van der Waals surface area (Å²) in [6.07, 6.45) is 5.87. The van der Waals surface area contributed by atoms with Crippen LogP contribution in [0.1, 0.15) is 43.7 Å². The topological polar surface area (TPSA) is 61.4 Å². The van der Waals surface area contributed by atoms with Gasteiger partial charge in [0.05, 0.1) is 0 Å². The van der Waals surface area contributed by atoms with E-state index in [0.29, 0.717) is 0 Å². The molecule has 22 heavy (non-hydrogen) atoms. The average Bonchev–Trinajstić information content (AvgIpc) is 2.50. The van der Waals surface area contributed by atoms with Gasteiger partial charge in [0.1, 0.15) is 6.04 Å². The van der Waals surface area contributed by atoms with Gasteiger partial charge in [-0.15, -0.1) is 0 Å². The van der Waals surface area contributed by atoms with Crippen LogP contribution in [0.3, 0.4) is 0 Å². The van der Waals surface area contributed by atoms with E-state index >= 15 is 0 Å². The lowest BCUT2D eigenvalue weighted by atomic mass is 10.0. The van der Waals surface area contributed by atoms with Gasteiger partial charge in [-0.3, -0.25) is 15.0 Å². The van der Waals surface area contributed by atoms with Crippen molar-refractivity contribution >= 4 is 11.9 Å². The number of carbonyl (C=O) groups is 2. The van der Waals surface area contributed by atoms with Crippen LogP contribution in [0.5, 0.6) is 0 Å². The predicted octanol–water partition coefficient (Wildman–Crippen LogP) is 2.45. The third kappa shape index (κ3) is 4.56. The monoisotopic (exact) mass is 303 g/mol. The zero-order valence-corrected chi connectivity index (χ0v) is 13.2. The molecule has 1 fully saturated rings. The largest absolute Gasteiger partial charge is 0.341 e. The second-order valence-corrected chi connectivity index (χ2v) is 5.69. The highest BCUT2D eigenvalue weighted by Gasteiger charge is 2.28. The van der Waals surface area contributed by atoms with Crippen LogP contribution in [0.2, 0.25) is 0 Å². The lowest BCUT2D eigenvalue weighted by Crippen LogP contribution is -2.46. The molecule has 0 radical (unpaired) electrons. The molecule has 2 N–H and O–H groups in total. The summed E-state index contributed by atoms with van der Waals surface area (Å²) in [6.45, 7) is 1.78. The minimum Gasteiger partial charge on any atom is -0.341 e. The molecule has 1 heterocycles. The van der Waals surface area contributed by atoms with Gasteiger partial charge in [0.15, 0.2) is 0 Å². The highest BCUT2D eigenvalue weighted by atomic mass is 16.2. The molecule has 3 amide bonds. The molecule has 0 spiro atoms. The minimum atomic E-state index is -0.460. The number of imide groups is 1. The highest BCUT2D eigenvalue weighted by Crippen LogP contribution is 2.24. The first-order valence-corrected chi connectivity index (χ1v) is 8.04. The van der Waals surface area contributed by atoms with Crippen molar-refractivity contribution in [1.82, 2.24) is 15.5 Å². The molecule has 5 heteroatoms. The van der Waals surface area contributed by atoms with E-state index in [1.54, 1.807) is 0 Å². The van der Waals surface area contributed by atoms with Gasteiger partial charge in [-0.2, -0.15) is 0 Å². The van der Waals surface area contributed by atoms with Gasteiger partial charge in [-0.1, -0.05) is 49.6 Å². The first kappa shape index (κ1) is 16.5. The molecule has 0 bridgehead atoms. The van der Waals surface area contributed by atoms with E-state index in [4.69, 9.17) is 0 Å². The number of hydrogen-bond acceptors (Lipinski definition) is 3. The van der Waals surface area contributed by atoms with Gasteiger partial charge in [0.25, 0.3) is 0 Å². The maximum absolute atomic E-state index is 12.6. The van der Waals surface area contributed by atoms with Crippen LogP contribution in [-0.4, -0.2) is 37.0 Å². The van der Waals surface area contributed by atoms with Crippen LogP contribution in [0.4, 0.5) is 4.79 Å². The van der Waals surface area contributed by atoms with Crippen molar-refractivity contribution in [1.29, 1.82) is 0 Å². The number of carbonyl (C=O) groups excluding carboxylic acids is 2. The Bertz CT molecular complexity index is 482. The Balaban J connectivity index is 2.20. The average molecular weight is 303 g/mol. The van der Waals surface area contributed by atoms with Gasteiger partial charge < -0.3 is 5.32 Å². The molecular weight excluding hydrogens is 278 g/mol. The van der Waals surface area contributed by atoms with Crippen molar-refractivity contribution in [2.45, 2.75) is 38.1 Å². The fraction of sp³-hybridized carbons (Fsp3) is 0.529. The maximum Gasteiger partial charge on any atom is 0.321 e. The van der Waals surface area contributed by atoms with Crippen LogP contribution < -0.4 is 10.6 Å². The summed E-state index contributed by atoms with van der Waals surface area (Å²) < 4.78 is 0. The molecule has 5 nitrogen and oxygen atoms in total. The van der Waals surface area contributed by atoms with Crippen LogP contribution in [0.15, 0.2) is 30.3 Å². The molecule has 1 saturated heterocycles. The molecule has 120 valence electrons. The second-order valence-electron chi connectivity index (χ2n) is 5.69. The number of nitrogens with one attached hydrogen (secondary N) is 2. The highest BCUT2D eigenvalue weighted by molar-refractivity contribution is 5.97. The normalized spacial score (nSPS) is 17.9. The molecule has 0 aliphatic carbocycles. The summed E-state index contributed by atoms with van der Waals surface area (Å²) in [5, 5.41) is 4.87. The first-order valence-electron chi connectivity index (χ1n) is 8.04. The number of amides is 3. The van der Waals surface area contributed by atoms with Gasteiger partial charge in [0, 0.05) is 7.05 Å². The van der Waals surface area contributed by atoms with Crippen molar-refractivity contribution in [2.24, 2.45) is 0 Å². The van der Waals surface area contributed by atoms with Crippen molar-refractivity contribution < 1.29 is 9.59 Å². The lowest BCUT2D eigenvalue weighted by Gasteiger charge is -2.32. The SMILES string of the molecule is CNC(=O)NC(=O)[C@H](c1ccccc1)N1CCCCCCC1. The Morgan fingerprint density at radius 1 is 1.00 bits per heavy atom. The van der Waals surface area contributed by atoms with Crippen LogP contribution in [0.25, 0.3) is 0 Å². The predicted molar refractivity (Wildman–Crippen MR) is 86.4 cm³/mol. The summed E-state index contributed by atoms with van der Waals surface area (Å²) in [5.41, 5.74) is 0.935. The standard InChI is InChI=1S/C17H25N3O2/c1-18-17(22)19-16(21)15(14-10-6-5-7-11-14)20-12-8-3-2-4-9-13-20/h5-7,10-11,15H,2-4,8-9,12-13H2,1H3,(H2,18,19,21,22)/t15-/m0/s1. The van der Waals surface area contributed by atoms with E-state index in [1.807, 2.05) is 30.3 Å². The van der Waals surface area contributed by atoms with Gasteiger partial charge >= 0.3 is 6.03 Å². The fourth-order valence-corrected chi connectivity index (χ4v) is 2.94. The molecule has 1 aliphatic heterocycles. The van der Waals surface area contributed by atoms with Crippen molar-refractivity contribution in [3.63, 3.8) is 0 Å². The molecule has 0 saturated carbocycles. The number of urea groups is 1. The molecule has 2 rings (SSSR count). The van der Waals surface area contributed by atoms with Crippen LogP contribution >= 0.6 is 0 Å². The number of likely N-dealkylation sites (tertiary alicyclic amines) is 1. The van der Waals surface area contributed by atoms with E-state index in [2.05, 4.69) is 15.5 Å². The third-order valence-corrected chi connectivity index (χ3v) is 4.08. The lowest BCUT2D eigenvalue weighted by molar-refractivity contribution is -0.125. The van der Waals surface area contributed by atoms with E-state index < -0.39 is 12.1 Å². The second kappa shape index (κ2) is 8.54. The third-order valence-electron chi connectivity index (χ3n) is 4.08. The van der Waals surface area contributed by atoms with Gasteiger partial charge in [-0.25, -0.2) is 4.79 Å². The summed E-state index contributed by atoms with van der Waals surface area (Å²) >= 11 is 0. The first-order chi connectivity index (χ1) is 10.7. The van der Waals surface area contributed by atoms with Gasteiger partial charge in [0.2, 0.25) is 5.91 Å². The Labute approximate surface area is 132 Å². The number of hydrogen-bond donors (Lipinski definition) is 2. The molecule has 1 aliphatic rings. The Morgan fingerprint density at radius 3 is 2.18 bits per heavy atom. The van der Waals surface area contributed by atoms with Crippen molar-refractivity contribution in [2.75, 3.05) is 20.1 Å². The number of nitrogens with zero attached hydrogens (tertiary/aromatic N) is 1. The van der Waals surface area contributed by atoms with E-state index in [9.17, 15) is 9.59 Å². The molecule has 1 aromatic rings. The summed E-state index contributed by atoms with van der Waals surface area (Å²) in [6, 6.07) is 8.83. The maximum atomic E-state index is 12.6. The van der Waals surface area contributed by atoms with E-state index in [0.717, 1.165) is 31.5 Å².